The van der Waals surface area contributed by atoms with Crippen LogP contribution in [0.5, 0.6) is 0 Å². The van der Waals surface area contributed by atoms with Crippen LogP contribution in [0.15, 0.2) is 0 Å². The fraction of sp³-hybridized carbons (Fsp3) is 1.00. The lowest BCUT2D eigenvalue weighted by molar-refractivity contribution is -0.181. The van der Waals surface area contributed by atoms with Crippen molar-refractivity contribution in [3.63, 3.8) is 0 Å². The van der Waals surface area contributed by atoms with Gasteiger partial charge in [-0.15, -0.1) is 0 Å². The van der Waals surface area contributed by atoms with Crippen LogP contribution in [-0.2, 0) is 9.47 Å². The van der Waals surface area contributed by atoms with Crippen LogP contribution in [0, 0.1) is 11.8 Å². The monoisotopic (exact) mass is 244 g/mol. The quantitative estimate of drug-likeness (QED) is 0.730. The first-order valence-electron chi connectivity index (χ1n) is 7.03. The van der Waals surface area contributed by atoms with Gasteiger partial charge >= 0.3 is 0 Å². The van der Waals surface area contributed by atoms with Gasteiger partial charge in [0, 0.05) is 6.61 Å². The van der Waals surface area contributed by atoms with Crippen molar-refractivity contribution in [3.05, 3.63) is 0 Å². The van der Waals surface area contributed by atoms with E-state index in [1.807, 2.05) is 13.8 Å². The van der Waals surface area contributed by atoms with Crippen molar-refractivity contribution in [1.29, 1.82) is 0 Å². The summed E-state index contributed by atoms with van der Waals surface area (Å²) < 4.78 is 11.4. The first kappa shape index (κ1) is 14.9. The van der Waals surface area contributed by atoms with E-state index >= 15 is 0 Å². The smallest absolute Gasteiger partial charge is 0.155 e. The van der Waals surface area contributed by atoms with Crippen molar-refractivity contribution in [2.24, 2.45) is 11.8 Å². The van der Waals surface area contributed by atoms with Crippen LogP contribution < -0.4 is 0 Å². The molecule has 1 rings (SSSR count). The predicted octanol–water partition coefficient (Wildman–Crippen LogP) is 2.96. The van der Waals surface area contributed by atoms with E-state index in [9.17, 15) is 5.11 Å². The molecule has 0 aliphatic heterocycles. The molecule has 1 aliphatic rings. The van der Waals surface area contributed by atoms with Crippen molar-refractivity contribution >= 4 is 0 Å². The van der Waals surface area contributed by atoms with E-state index in [2.05, 4.69) is 13.8 Å². The zero-order valence-corrected chi connectivity index (χ0v) is 11.7. The molecule has 1 fully saturated rings. The molecule has 0 spiro atoms. The van der Waals surface area contributed by atoms with Crippen LogP contribution >= 0.6 is 0 Å². The van der Waals surface area contributed by atoms with Crippen LogP contribution in [0.2, 0.25) is 0 Å². The van der Waals surface area contributed by atoms with E-state index in [1.165, 1.54) is 0 Å². The maximum absolute atomic E-state index is 9.79. The summed E-state index contributed by atoms with van der Waals surface area (Å²) in [5, 5.41) is 9.79. The summed E-state index contributed by atoms with van der Waals surface area (Å²) in [4.78, 5) is 0. The van der Waals surface area contributed by atoms with Crippen molar-refractivity contribution in [2.45, 2.75) is 71.9 Å². The SMILES string of the molecule is CCOC(C)OC(CC)C1CC(O)CCC1C. The zero-order valence-electron chi connectivity index (χ0n) is 11.7. The second-order valence-corrected chi connectivity index (χ2v) is 5.21. The molecule has 102 valence electrons. The van der Waals surface area contributed by atoms with Gasteiger partial charge < -0.3 is 14.6 Å². The molecule has 0 heterocycles. The highest BCUT2D eigenvalue weighted by atomic mass is 16.7. The van der Waals surface area contributed by atoms with Crippen LogP contribution in [0.1, 0.15) is 53.4 Å². The molecule has 0 radical (unpaired) electrons. The predicted molar refractivity (Wildman–Crippen MR) is 68.8 cm³/mol. The van der Waals surface area contributed by atoms with Gasteiger partial charge in [-0.3, -0.25) is 0 Å². The third kappa shape index (κ3) is 4.57. The molecule has 3 heteroatoms. The number of hydrogen-bond acceptors (Lipinski definition) is 3. The van der Waals surface area contributed by atoms with E-state index in [0.29, 0.717) is 18.4 Å². The van der Waals surface area contributed by atoms with E-state index in [1.54, 1.807) is 0 Å². The lowest BCUT2D eigenvalue weighted by Crippen LogP contribution is -2.37. The Kier molecular flexibility index (Phi) is 6.45. The maximum Gasteiger partial charge on any atom is 0.155 e. The average Bonchev–Trinajstić information content (AvgIpc) is 2.30. The van der Waals surface area contributed by atoms with Gasteiger partial charge in [-0.05, 0) is 51.4 Å². The first-order valence-corrected chi connectivity index (χ1v) is 7.03. The Morgan fingerprint density at radius 3 is 2.59 bits per heavy atom. The number of ether oxygens (including phenoxy) is 2. The van der Waals surface area contributed by atoms with Crippen molar-refractivity contribution < 1.29 is 14.6 Å². The molecular formula is C14H28O3. The number of rotatable bonds is 6. The van der Waals surface area contributed by atoms with E-state index in [4.69, 9.17) is 9.47 Å². The minimum atomic E-state index is -0.142. The van der Waals surface area contributed by atoms with E-state index in [0.717, 1.165) is 25.7 Å². The number of hydrogen-bond donors (Lipinski definition) is 1. The largest absolute Gasteiger partial charge is 0.393 e. The molecule has 0 saturated heterocycles. The van der Waals surface area contributed by atoms with Crippen molar-refractivity contribution in [3.8, 4) is 0 Å². The van der Waals surface area contributed by atoms with E-state index in [-0.39, 0.29) is 18.5 Å². The topological polar surface area (TPSA) is 38.7 Å². The third-order valence-corrected chi connectivity index (χ3v) is 3.88. The summed E-state index contributed by atoms with van der Waals surface area (Å²) in [5.74, 6) is 1.10. The molecule has 3 nitrogen and oxygen atoms in total. The van der Waals surface area contributed by atoms with Crippen LogP contribution in [-0.4, -0.2) is 30.2 Å². The molecule has 17 heavy (non-hydrogen) atoms. The van der Waals surface area contributed by atoms with Gasteiger partial charge in [0.2, 0.25) is 0 Å². The van der Waals surface area contributed by atoms with Crippen LogP contribution in [0.3, 0.4) is 0 Å². The molecule has 0 amide bonds. The van der Waals surface area contributed by atoms with Crippen LogP contribution in [0.4, 0.5) is 0 Å². The van der Waals surface area contributed by atoms with Gasteiger partial charge in [0.1, 0.15) is 0 Å². The Hall–Kier alpha value is -0.120. The molecule has 1 N–H and O–H groups in total. The summed E-state index contributed by atoms with van der Waals surface area (Å²) in [6.07, 6.45) is 3.83. The summed E-state index contributed by atoms with van der Waals surface area (Å²) in [5.41, 5.74) is 0. The highest BCUT2D eigenvalue weighted by Gasteiger charge is 2.33. The molecule has 1 saturated carbocycles. The molecule has 0 bridgehead atoms. The van der Waals surface area contributed by atoms with Gasteiger partial charge in [0.05, 0.1) is 12.2 Å². The molecule has 5 unspecified atom stereocenters. The minimum absolute atomic E-state index is 0.142. The Morgan fingerprint density at radius 1 is 1.29 bits per heavy atom. The van der Waals surface area contributed by atoms with Crippen molar-refractivity contribution in [1.82, 2.24) is 0 Å². The maximum atomic E-state index is 9.79. The second-order valence-electron chi connectivity index (χ2n) is 5.21. The lowest BCUT2D eigenvalue weighted by Gasteiger charge is -2.38. The molecular weight excluding hydrogens is 216 g/mol. The van der Waals surface area contributed by atoms with Gasteiger partial charge in [0.15, 0.2) is 6.29 Å². The van der Waals surface area contributed by atoms with Gasteiger partial charge in [-0.2, -0.15) is 0 Å². The highest BCUT2D eigenvalue weighted by molar-refractivity contribution is 4.82. The molecule has 1 aliphatic carbocycles. The fourth-order valence-electron chi connectivity index (χ4n) is 2.87. The summed E-state index contributed by atoms with van der Waals surface area (Å²) >= 11 is 0. The third-order valence-electron chi connectivity index (χ3n) is 3.88. The normalized spacial score (nSPS) is 33.4. The van der Waals surface area contributed by atoms with Crippen molar-refractivity contribution in [2.75, 3.05) is 6.61 Å². The molecule has 0 aromatic carbocycles. The van der Waals surface area contributed by atoms with Gasteiger partial charge in [0.25, 0.3) is 0 Å². The second kappa shape index (κ2) is 7.34. The summed E-state index contributed by atoms with van der Waals surface area (Å²) in [6, 6.07) is 0. The standard InChI is InChI=1S/C14H28O3/c1-5-14(17-11(4)16-6-2)13-9-12(15)8-7-10(13)3/h10-15H,5-9H2,1-4H3. The molecule has 5 atom stereocenters. The Balaban J connectivity index is 2.52. The first-order chi connectivity index (χ1) is 8.08. The fourth-order valence-corrected chi connectivity index (χ4v) is 2.87. The zero-order chi connectivity index (χ0) is 12.8. The highest BCUT2D eigenvalue weighted by Crippen LogP contribution is 2.35. The Labute approximate surface area is 105 Å². The average molecular weight is 244 g/mol. The van der Waals surface area contributed by atoms with Gasteiger partial charge in [-0.25, -0.2) is 0 Å². The summed E-state index contributed by atoms with van der Waals surface area (Å²) in [7, 11) is 0. The van der Waals surface area contributed by atoms with E-state index < -0.39 is 0 Å². The minimum Gasteiger partial charge on any atom is -0.393 e. The number of aliphatic hydroxyl groups excluding tert-OH is 1. The number of aliphatic hydroxyl groups is 1. The van der Waals surface area contributed by atoms with Gasteiger partial charge in [-0.1, -0.05) is 13.8 Å². The Morgan fingerprint density at radius 2 is 2.00 bits per heavy atom. The molecule has 0 aromatic rings. The molecule has 0 aromatic heterocycles. The lowest BCUT2D eigenvalue weighted by atomic mass is 9.75. The Bertz CT molecular complexity index is 208. The summed E-state index contributed by atoms with van der Waals surface area (Å²) in [6.45, 7) is 9.04. The van der Waals surface area contributed by atoms with Crippen LogP contribution in [0.25, 0.3) is 0 Å².